The highest BCUT2D eigenvalue weighted by atomic mass is 35.5. The first kappa shape index (κ1) is 10.5. The fourth-order valence-corrected chi connectivity index (χ4v) is 3.32. The highest BCUT2D eigenvalue weighted by Crippen LogP contribution is 2.38. The Morgan fingerprint density at radius 2 is 2.06 bits per heavy atom. The molecule has 0 amide bonds. The van der Waals surface area contributed by atoms with Crippen molar-refractivity contribution in [1.82, 2.24) is 0 Å². The first-order valence-corrected chi connectivity index (χ1v) is 6.68. The van der Waals surface area contributed by atoms with E-state index in [4.69, 9.17) is 16.3 Å². The molecule has 1 aliphatic carbocycles. The molecule has 2 aliphatic rings. The summed E-state index contributed by atoms with van der Waals surface area (Å²) in [6.07, 6.45) is 6.08. The van der Waals surface area contributed by atoms with Crippen LogP contribution in [0.1, 0.15) is 42.7 Å². The van der Waals surface area contributed by atoms with Crippen LogP contribution in [-0.2, 0) is 6.42 Å². The molecule has 2 unspecified atom stereocenters. The predicted molar refractivity (Wildman–Crippen MR) is 66.5 cm³/mol. The summed E-state index contributed by atoms with van der Waals surface area (Å²) in [6.45, 7) is 0.841. The van der Waals surface area contributed by atoms with Gasteiger partial charge in [-0.3, -0.25) is 0 Å². The second-order valence-electron chi connectivity index (χ2n) is 4.87. The number of ether oxygens (including phenoxy) is 1. The van der Waals surface area contributed by atoms with Crippen LogP contribution in [0.4, 0.5) is 0 Å². The summed E-state index contributed by atoms with van der Waals surface area (Å²) < 4.78 is 5.53. The molecule has 3 rings (SSSR count). The van der Waals surface area contributed by atoms with Gasteiger partial charge in [0, 0.05) is 17.7 Å². The molecular weight excluding hydrogens is 220 g/mol. The number of alkyl halides is 1. The third kappa shape index (κ3) is 1.82. The van der Waals surface area contributed by atoms with Gasteiger partial charge in [0.25, 0.3) is 0 Å². The average molecular weight is 237 g/mol. The number of benzene rings is 1. The topological polar surface area (TPSA) is 9.23 Å². The van der Waals surface area contributed by atoms with E-state index >= 15 is 0 Å². The van der Waals surface area contributed by atoms with Crippen molar-refractivity contribution in [2.24, 2.45) is 0 Å². The summed E-state index contributed by atoms with van der Waals surface area (Å²) in [5.74, 6) is 1.63. The van der Waals surface area contributed by atoms with Crippen LogP contribution in [0, 0.1) is 0 Å². The van der Waals surface area contributed by atoms with E-state index in [-0.39, 0.29) is 0 Å². The van der Waals surface area contributed by atoms with Crippen LogP contribution < -0.4 is 4.74 Å². The molecule has 1 aliphatic heterocycles. The molecule has 2 atom stereocenters. The van der Waals surface area contributed by atoms with E-state index in [0.29, 0.717) is 11.3 Å². The monoisotopic (exact) mass is 236 g/mol. The van der Waals surface area contributed by atoms with E-state index in [1.807, 2.05) is 0 Å². The largest absolute Gasteiger partial charge is 0.493 e. The van der Waals surface area contributed by atoms with Crippen molar-refractivity contribution in [3.63, 3.8) is 0 Å². The minimum Gasteiger partial charge on any atom is -0.493 e. The van der Waals surface area contributed by atoms with Crippen molar-refractivity contribution >= 4 is 11.6 Å². The lowest BCUT2D eigenvalue weighted by molar-refractivity contribution is 0.356. The Bertz CT molecular complexity index is 388. The number of hydrogen-bond donors (Lipinski definition) is 0. The van der Waals surface area contributed by atoms with Gasteiger partial charge >= 0.3 is 0 Å². The van der Waals surface area contributed by atoms with Gasteiger partial charge in [-0.15, -0.1) is 11.6 Å². The van der Waals surface area contributed by atoms with Crippen molar-refractivity contribution in [2.75, 3.05) is 6.61 Å². The van der Waals surface area contributed by atoms with Gasteiger partial charge in [0.15, 0.2) is 0 Å². The third-order valence-electron chi connectivity index (χ3n) is 3.82. The molecule has 1 saturated carbocycles. The number of hydrogen-bond acceptors (Lipinski definition) is 1. The number of fused-ring (bicyclic) bond motifs is 1. The molecule has 0 aromatic heterocycles. The van der Waals surface area contributed by atoms with Gasteiger partial charge in [-0.25, -0.2) is 0 Å². The Kier molecular flexibility index (Phi) is 2.81. The van der Waals surface area contributed by atoms with Gasteiger partial charge in [0.2, 0.25) is 0 Å². The molecular formula is C14H17ClO. The van der Waals surface area contributed by atoms with Crippen LogP contribution in [0.15, 0.2) is 18.2 Å². The fourth-order valence-electron chi connectivity index (χ4n) is 2.90. The van der Waals surface area contributed by atoms with E-state index < -0.39 is 0 Å². The lowest BCUT2D eigenvalue weighted by Crippen LogP contribution is -2.17. The van der Waals surface area contributed by atoms with Crippen LogP contribution in [0.25, 0.3) is 0 Å². The number of halogens is 1. The SMILES string of the molecule is ClC1CCCCC1c1ccc2c(c1)CCO2. The van der Waals surface area contributed by atoms with Crippen LogP contribution in [0.3, 0.4) is 0 Å². The third-order valence-corrected chi connectivity index (χ3v) is 4.35. The standard InChI is InChI=1S/C14H17ClO/c15-13-4-2-1-3-12(13)10-5-6-14-11(9-10)7-8-16-14/h5-6,9,12-13H,1-4,7-8H2. The predicted octanol–water partition coefficient (Wildman–Crippen LogP) is 3.89. The van der Waals surface area contributed by atoms with Crippen molar-refractivity contribution in [1.29, 1.82) is 0 Å². The van der Waals surface area contributed by atoms with Crippen LogP contribution in [0.5, 0.6) is 5.75 Å². The molecule has 1 nitrogen and oxygen atoms in total. The Balaban J connectivity index is 1.88. The molecule has 0 spiro atoms. The van der Waals surface area contributed by atoms with Crippen molar-refractivity contribution in [3.05, 3.63) is 29.3 Å². The Hall–Kier alpha value is -0.690. The maximum absolute atomic E-state index is 6.44. The average Bonchev–Trinajstić information content (AvgIpc) is 2.76. The second kappa shape index (κ2) is 4.29. The molecule has 1 aromatic rings. The summed E-state index contributed by atoms with van der Waals surface area (Å²) in [7, 11) is 0. The Morgan fingerprint density at radius 1 is 1.19 bits per heavy atom. The van der Waals surface area contributed by atoms with Gasteiger partial charge in [0.05, 0.1) is 6.61 Å². The Labute approximate surface area is 102 Å². The molecule has 0 radical (unpaired) electrons. The maximum Gasteiger partial charge on any atom is 0.122 e. The van der Waals surface area contributed by atoms with E-state index in [2.05, 4.69) is 18.2 Å². The first-order chi connectivity index (χ1) is 7.84. The minimum absolute atomic E-state index is 0.328. The van der Waals surface area contributed by atoms with Crippen molar-refractivity contribution in [2.45, 2.75) is 43.4 Å². The summed E-state index contributed by atoms with van der Waals surface area (Å²) in [5, 5.41) is 0.328. The molecule has 86 valence electrons. The quantitative estimate of drug-likeness (QED) is 0.673. The number of rotatable bonds is 1. The molecule has 1 aromatic carbocycles. The molecule has 2 heteroatoms. The fraction of sp³-hybridized carbons (Fsp3) is 0.571. The van der Waals surface area contributed by atoms with E-state index in [0.717, 1.165) is 18.8 Å². The highest BCUT2D eigenvalue weighted by Gasteiger charge is 2.25. The van der Waals surface area contributed by atoms with Crippen LogP contribution in [0.2, 0.25) is 0 Å². The lowest BCUT2D eigenvalue weighted by Gasteiger charge is -2.27. The van der Waals surface area contributed by atoms with Gasteiger partial charge < -0.3 is 4.74 Å². The highest BCUT2D eigenvalue weighted by molar-refractivity contribution is 6.21. The van der Waals surface area contributed by atoms with Crippen LogP contribution >= 0.6 is 11.6 Å². The molecule has 0 N–H and O–H groups in total. The Morgan fingerprint density at radius 3 is 2.94 bits per heavy atom. The van der Waals surface area contributed by atoms with Crippen molar-refractivity contribution < 1.29 is 4.74 Å². The van der Waals surface area contributed by atoms with Crippen LogP contribution in [-0.4, -0.2) is 12.0 Å². The van der Waals surface area contributed by atoms with E-state index in [1.54, 1.807) is 0 Å². The summed E-state index contributed by atoms with van der Waals surface area (Å²) in [4.78, 5) is 0. The van der Waals surface area contributed by atoms with Gasteiger partial charge in [-0.05, 0) is 30.0 Å². The normalized spacial score (nSPS) is 28.6. The molecule has 0 saturated heterocycles. The van der Waals surface area contributed by atoms with Gasteiger partial charge in [-0.1, -0.05) is 25.0 Å². The van der Waals surface area contributed by atoms with Gasteiger partial charge in [-0.2, -0.15) is 0 Å². The molecule has 1 fully saturated rings. The second-order valence-corrected chi connectivity index (χ2v) is 5.43. The maximum atomic E-state index is 6.44. The zero-order valence-corrected chi connectivity index (χ0v) is 10.2. The summed E-state index contributed by atoms with van der Waals surface area (Å²) in [6, 6.07) is 6.64. The zero-order valence-electron chi connectivity index (χ0n) is 9.42. The molecule has 1 heterocycles. The van der Waals surface area contributed by atoms with E-state index in [1.165, 1.54) is 36.8 Å². The summed E-state index contributed by atoms with van der Waals surface area (Å²) >= 11 is 6.44. The first-order valence-electron chi connectivity index (χ1n) is 6.24. The lowest BCUT2D eigenvalue weighted by atomic mass is 9.83. The summed E-state index contributed by atoms with van der Waals surface area (Å²) in [5.41, 5.74) is 2.79. The van der Waals surface area contributed by atoms with Crippen molar-refractivity contribution in [3.8, 4) is 5.75 Å². The minimum atomic E-state index is 0.328. The molecule has 0 bridgehead atoms. The van der Waals surface area contributed by atoms with Gasteiger partial charge in [0.1, 0.15) is 5.75 Å². The smallest absolute Gasteiger partial charge is 0.122 e. The molecule has 16 heavy (non-hydrogen) atoms. The zero-order chi connectivity index (χ0) is 11.0. The van der Waals surface area contributed by atoms with E-state index in [9.17, 15) is 0 Å².